The zero-order valence-corrected chi connectivity index (χ0v) is 7.78. The number of amides is 2. The van der Waals surface area contributed by atoms with Gasteiger partial charge in [0.25, 0.3) is 0 Å². The molecule has 7 N–H and O–H groups in total. The maximum atomic E-state index is 10.5. The van der Waals surface area contributed by atoms with Gasteiger partial charge >= 0.3 is 6.03 Å². The molecule has 0 aromatic heterocycles. The summed E-state index contributed by atoms with van der Waals surface area (Å²) in [5.74, 6) is 0. The minimum Gasteiger partial charge on any atom is -0.394 e. The number of carbonyl (C=O) groups is 1. The summed E-state index contributed by atoms with van der Waals surface area (Å²) in [6.07, 6.45) is -6.78. The van der Waals surface area contributed by atoms with Crippen LogP contribution in [-0.2, 0) is 4.74 Å². The molecule has 8 heteroatoms. The smallest absolute Gasteiger partial charge is 0.314 e. The van der Waals surface area contributed by atoms with Crippen molar-refractivity contribution in [2.75, 3.05) is 6.61 Å². The van der Waals surface area contributed by atoms with Gasteiger partial charge in [0.1, 0.15) is 24.4 Å². The van der Waals surface area contributed by atoms with Gasteiger partial charge in [-0.25, -0.2) is 4.79 Å². The Morgan fingerprint density at radius 2 is 1.87 bits per heavy atom. The van der Waals surface area contributed by atoms with Crippen LogP contribution in [0.5, 0.6) is 0 Å². The highest BCUT2D eigenvalue weighted by molar-refractivity contribution is 5.71. The van der Waals surface area contributed by atoms with Crippen LogP contribution < -0.4 is 11.1 Å². The minimum atomic E-state index is -1.52. The summed E-state index contributed by atoms with van der Waals surface area (Å²) in [7, 11) is 0. The second-order valence-corrected chi connectivity index (χ2v) is 3.26. The monoisotopic (exact) mass is 222 g/mol. The van der Waals surface area contributed by atoms with E-state index in [0.29, 0.717) is 0 Å². The third kappa shape index (κ3) is 2.55. The Labute approximate surface area is 85.3 Å². The van der Waals surface area contributed by atoms with Crippen molar-refractivity contribution in [1.29, 1.82) is 0 Å². The fourth-order valence-electron chi connectivity index (χ4n) is 1.36. The lowest BCUT2D eigenvalue weighted by molar-refractivity contribution is -0.233. The van der Waals surface area contributed by atoms with Crippen LogP contribution >= 0.6 is 0 Å². The lowest BCUT2D eigenvalue weighted by atomic mass is 9.98. The number of aliphatic hydroxyl groups excluding tert-OH is 4. The van der Waals surface area contributed by atoms with Crippen LogP contribution in [0.2, 0.25) is 0 Å². The lowest BCUT2D eigenvalue weighted by Crippen LogP contribution is -2.63. The maximum Gasteiger partial charge on any atom is 0.314 e. The molecule has 0 radical (unpaired) electrons. The Bertz CT molecular complexity index is 236. The molecule has 1 heterocycles. The number of aliphatic hydroxyl groups is 4. The molecule has 0 saturated carbocycles. The largest absolute Gasteiger partial charge is 0.394 e. The standard InChI is InChI=1S/C7H14N2O6/c8-7(14)9-6-5(13)4(12)3(11)2(1-10)15-6/h2-6,10-13H,1H2,(H3,8,9,14)/t2-,3-,4-,5-,6-/m1/s1. The van der Waals surface area contributed by atoms with Crippen molar-refractivity contribution in [2.24, 2.45) is 5.73 Å². The summed E-state index contributed by atoms with van der Waals surface area (Å²) in [5.41, 5.74) is 4.80. The molecule has 5 atom stereocenters. The zero-order chi connectivity index (χ0) is 11.6. The topological polar surface area (TPSA) is 145 Å². The van der Waals surface area contributed by atoms with Crippen molar-refractivity contribution in [3.8, 4) is 0 Å². The molecule has 2 amide bonds. The van der Waals surface area contributed by atoms with Gasteiger partial charge in [-0.1, -0.05) is 0 Å². The number of hydrogen-bond donors (Lipinski definition) is 6. The fourth-order valence-corrected chi connectivity index (χ4v) is 1.36. The van der Waals surface area contributed by atoms with E-state index in [9.17, 15) is 20.1 Å². The third-order valence-corrected chi connectivity index (χ3v) is 2.18. The molecule has 1 aliphatic rings. The van der Waals surface area contributed by atoms with E-state index in [2.05, 4.69) is 0 Å². The molecule has 15 heavy (non-hydrogen) atoms. The van der Waals surface area contributed by atoms with Gasteiger partial charge in [0, 0.05) is 0 Å². The molecular weight excluding hydrogens is 208 g/mol. The molecule has 1 aliphatic heterocycles. The number of rotatable bonds is 2. The van der Waals surface area contributed by atoms with E-state index in [4.69, 9.17) is 15.6 Å². The number of ether oxygens (including phenoxy) is 1. The van der Waals surface area contributed by atoms with Gasteiger partial charge in [-0.05, 0) is 0 Å². The number of urea groups is 1. The molecule has 1 fully saturated rings. The summed E-state index contributed by atoms with van der Waals surface area (Å²) in [5, 5.41) is 38.9. The van der Waals surface area contributed by atoms with Crippen molar-refractivity contribution < 1.29 is 30.0 Å². The quantitative estimate of drug-likeness (QED) is 0.285. The second kappa shape index (κ2) is 4.73. The normalized spacial score (nSPS) is 41.2. The predicted molar refractivity (Wildman–Crippen MR) is 46.5 cm³/mol. The number of nitrogens with one attached hydrogen (secondary N) is 1. The summed E-state index contributed by atoms with van der Waals surface area (Å²) in [6, 6.07) is -0.945. The zero-order valence-electron chi connectivity index (χ0n) is 7.78. The maximum absolute atomic E-state index is 10.5. The molecule has 0 aliphatic carbocycles. The van der Waals surface area contributed by atoms with Gasteiger partial charge in [0.15, 0.2) is 6.23 Å². The third-order valence-electron chi connectivity index (χ3n) is 2.18. The highest BCUT2D eigenvalue weighted by Gasteiger charge is 2.43. The molecule has 0 unspecified atom stereocenters. The molecule has 0 bridgehead atoms. The van der Waals surface area contributed by atoms with E-state index in [1.165, 1.54) is 0 Å². The van der Waals surface area contributed by atoms with Gasteiger partial charge in [-0.15, -0.1) is 0 Å². The van der Waals surface area contributed by atoms with Gasteiger partial charge < -0.3 is 36.2 Å². The Balaban J connectivity index is 2.69. The van der Waals surface area contributed by atoms with Crippen LogP contribution in [0.15, 0.2) is 0 Å². The molecule has 88 valence electrons. The highest BCUT2D eigenvalue weighted by atomic mass is 16.6. The first-order valence-corrected chi connectivity index (χ1v) is 4.34. The van der Waals surface area contributed by atoms with Crippen molar-refractivity contribution >= 4 is 6.03 Å². The van der Waals surface area contributed by atoms with Crippen LogP contribution in [0.3, 0.4) is 0 Å². The summed E-state index contributed by atoms with van der Waals surface area (Å²) >= 11 is 0. The van der Waals surface area contributed by atoms with Crippen LogP contribution in [-0.4, -0.2) is 63.7 Å². The Hall–Kier alpha value is -0.930. The van der Waals surface area contributed by atoms with Gasteiger partial charge in [-0.2, -0.15) is 0 Å². The lowest BCUT2D eigenvalue weighted by Gasteiger charge is -2.39. The predicted octanol–water partition coefficient (Wildman–Crippen LogP) is -3.55. The molecule has 0 spiro atoms. The van der Waals surface area contributed by atoms with E-state index in [1.807, 2.05) is 5.32 Å². The van der Waals surface area contributed by atoms with Crippen molar-refractivity contribution in [2.45, 2.75) is 30.6 Å². The van der Waals surface area contributed by atoms with Crippen molar-refractivity contribution in [3.63, 3.8) is 0 Å². The summed E-state index contributed by atoms with van der Waals surface area (Å²) < 4.78 is 4.92. The summed E-state index contributed by atoms with van der Waals surface area (Å²) in [6.45, 7) is -0.554. The molecule has 1 rings (SSSR count). The van der Waals surface area contributed by atoms with E-state index in [1.54, 1.807) is 0 Å². The van der Waals surface area contributed by atoms with Gasteiger partial charge in [0.2, 0.25) is 0 Å². The number of nitrogens with two attached hydrogens (primary N) is 1. The SMILES string of the molecule is NC(=O)N[C@@H]1O[C@H](CO)[C@@H](O)[C@@H](O)[C@H]1O. The molecule has 0 aromatic carbocycles. The minimum absolute atomic E-state index is 0.554. The molecule has 0 aromatic rings. The number of primary amides is 1. The van der Waals surface area contributed by atoms with Gasteiger partial charge in [0.05, 0.1) is 6.61 Å². The number of hydrogen-bond acceptors (Lipinski definition) is 6. The highest BCUT2D eigenvalue weighted by Crippen LogP contribution is 2.19. The number of carbonyl (C=O) groups excluding carboxylic acids is 1. The van der Waals surface area contributed by atoms with Gasteiger partial charge in [-0.3, -0.25) is 0 Å². The van der Waals surface area contributed by atoms with Crippen LogP contribution in [0.4, 0.5) is 4.79 Å². The Morgan fingerprint density at radius 1 is 1.27 bits per heavy atom. The van der Waals surface area contributed by atoms with Crippen LogP contribution in [0, 0.1) is 0 Å². The van der Waals surface area contributed by atoms with E-state index in [-0.39, 0.29) is 0 Å². The second-order valence-electron chi connectivity index (χ2n) is 3.26. The molecule has 8 nitrogen and oxygen atoms in total. The first kappa shape index (κ1) is 12.1. The van der Waals surface area contributed by atoms with Crippen molar-refractivity contribution in [3.05, 3.63) is 0 Å². The average Bonchev–Trinajstić information content (AvgIpc) is 2.18. The first-order chi connectivity index (χ1) is 6.97. The van der Waals surface area contributed by atoms with E-state index in [0.717, 1.165) is 0 Å². The Morgan fingerprint density at radius 3 is 2.33 bits per heavy atom. The molecular formula is C7H14N2O6. The van der Waals surface area contributed by atoms with Crippen LogP contribution in [0.1, 0.15) is 0 Å². The Kier molecular flexibility index (Phi) is 3.83. The summed E-state index contributed by atoms with van der Waals surface area (Å²) in [4.78, 5) is 10.5. The van der Waals surface area contributed by atoms with Crippen molar-refractivity contribution in [1.82, 2.24) is 5.32 Å². The first-order valence-electron chi connectivity index (χ1n) is 4.34. The molecule has 1 saturated heterocycles. The van der Waals surface area contributed by atoms with E-state index >= 15 is 0 Å². The van der Waals surface area contributed by atoms with Crippen LogP contribution in [0.25, 0.3) is 0 Å². The average molecular weight is 222 g/mol. The fraction of sp³-hybridized carbons (Fsp3) is 0.857. The van der Waals surface area contributed by atoms with E-state index < -0.39 is 43.3 Å².